The fraction of sp³-hybridized carbons (Fsp3) is 0.829. The Morgan fingerprint density at radius 1 is 0.580 bits per heavy atom. The zero-order chi connectivity index (χ0) is 40.0. The number of rotatable bonds is 24. The van der Waals surface area contributed by atoms with E-state index in [4.69, 9.17) is 45.8 Å². The van der Waals surface area contributed by atoms with E-state index < -0.39 is 47.8 Å². The molecule has 0 amide bonds. The second kappa shape index (κ2) is 32.9. The molecule has 8 N–H and O–H groups in total. The molecule has 0 aliphatic carbocycles. The smallest absolute Gasteiger partial charge is 0.332 e. The highest BCUT2D eigenvalue weighted by Crippen LogP contribution is 2.19. The summed E-state index contributed by atoms with van der Waals surface area (Å²) >= 11 is 0. The molecule has 0 spiro atoms. The van der Waals surface area contributed by atoms with Crippen molar-refractivity contribution in [3.63, 3.8) is 0 Å². The largest absolute Gasteiger partial charge is 0.481 e. The van der Waals surface area contributed by atoms with Crippen molar-refractivity contribution in [2.24, 2.45) is 47.2 Å². The molecule has 0 rings (SSSR count). The minimum absolute atomic E-state index is 0.0511. The van der Waals surface area contributed by atoms with Gasteiger partial charge in [0, 0.05) is 26.4 Å². The maximum Gasteiger partial charge on any atom is 0.332 e. The summed E-state index contributed by atoms with van der Waals surface area (Å²) in [5.41, 5.74) is 5.47. The van der Waals surface area contributed by atoms with Gasteiger partial charge in [0.1, 0.15) is 0 Å². The number of hydrogen-bond acceptors (Lipinski definition) is 9. The predicted octanol–water partition coefficient (Wildman–Crippen LogP) is 5.43. The number of hydrogen-bond donors (Lipinski definition) is 7. The number of carboxylic acids is 6. The Morgan fingerprint density at radius 2 is 1.04 bits per heavy atom. The average Bonchev–Trinajstić information content (AvgIpc) is 2.94. The molecule has 0 saturated heterocycles. The molecule has 0 aliphatic rings. The van der Waals surface area contributed by atoms with Gasteiger partial charge in [-0.1, -0.05) is 55.4 Å². The first-order valence-corrected chi connectivity index (χ1v) is 17.2. The van der Waals surface area contributed by atoms with Gasteiger partial charge in [-0.3, -0.25) is 24.0 Å². The number of nitrogens with two attached hydrogens (primary N) is 1. The maximum atomic E-state index is 10.7. The summed E-state index contributed by atoms with van der Waals surface area (Å²) in [7, 11) is 1.56. The van der Waals surface area contributed by atoms with Crippen LogP contribution < -0.4 is 5.73 Å². The Balaban J connectivity index is -0.000000283. The lowest BCUT2D eigenvalue weighted by atomic mass is 9.91. The molecular weight excluding hydrogens is 658 g/mol. The summed E-state index contributed by atoms with van der Waals surface area (Å²) < 4.78 is 9.95. The van der Waals surface area contributed by atoms with Crippen LogP contribution in [0.1, 0.15) is 113 Å². The molecule has 0 aliphatic heterocycles. The molecule has 0 saturated carbocycles. The van der Waals surface area contributed by atoms with Crippen LogP contribution in [-0.2, 0) is 38.2 Å². The molecule has 2 unspecified atom stereocenters. The van der Waals surface area contributed by atoms with E-state index in [1.54, 1.807) is 7.11 Å². The van der Waals surface area contributed by atoms with Crippen LogP contribution >= 0.6 is 0 Å². The van der Waals surface area contributed by atoms with Gasteiger partial charge < -0.3 is 45.8 Å². The van der Waals surface area contributed by atoms with Crippen LogP contribution in [0.3, 0.4) is 0 Å². The molecule has 0 aromatic rings. The molecule has 50 heavy (non-hydrogen) atoms. The van der Waals surface area contributed by atoms with E-state index in [-0.39, 0.29) is 31.6 Å². The van der Waals surface area contributed by atoms with Crippen LogP contribution in [0.15, 0.2) is 0 Å². The van der Waals surface area contributed by atoms with Crippen molar-refractivity contribution in [3.05, 3.63) is 0 Å². The maximum absolute atomic E-state index is 10.7. The molecule has 0 heterocycles. The highest BCUT2D eigenvalue weighted by Gasteiger charge is 2.25. The van der Waals surface area contributed by atoms with Crippen molar-refractivity contribution in [2.75, 3.05) is 26.9 Å². The monoisotopic (exact) mass is 725 g/mol. The second-order valence-electron chi connectivity index (χ2n) is 13.7. The third kappa shape index (κ3) is 39.1. The van der Waals surface area contributed by atoms with Crippen LogP contribution in [0.5, 0.6) is 0 Å². The molecule has 0 bridgehead atoms. The number of aliphatic carboxylic acids is 6. The van der Waals surface area contributed by atoms with Crippen LogP contribution in [0.25, 0.3) is 0 Å². The summed E-state index contributed by atoms with van der Waals surface area (Å²) in [6.45, 7) is 17.4. The molecule has 0 aromatic carbocycles. The third-order valence-electron chi connectivity index (χ3n) is 7.22. The minimum atomic E-state index is -1.25. The van der Waals surface area contributed by atoms with Gasteiger partial charge in [-0.05, 0) is 80.6 Å². The van der Waals surface area contributed by atoms with Gasteiger partial charge in [-0.25, -0.2) is 4.79 Å². The lowest BCUT2D eigenvalue weighted by Gasteiger charge is -2.16. The molecule has 0 radical (unpaired) electrons. The lowest BCUT2D eigenvalue weighted by Crippen LogP contribution is -2.25. The SMILES string of the molecule is CC(C)C(CN)CCC(=O)O.CC(C)CC(CC(=O)O)CC(=O)O.CC(C)CCC(C(=O)O)C(=O)O.COCCOC(CCC(C)C)C(=O)O. The van der Waals surface area contributed by atoms with Crippen LogP contribution in [0.4, 0.5) is 0 Å². The number of carboxylic acid groups (broad SMARTS) is 6. The van der Waals surface area contributed by atoms with Gasteiger partial charge in [0.25, 0.3) is 0 Å². The normalized spacial score (nSPS) is 12.0. The Hall–Kier alpha value is -3.30. The van der Waals surface area contributed by atoms with Gasteiger partial charge in [-0.15, -0.1) is 0 Å². The summed E-state index contributed by atoms with van der Waals surface area (Å²) in [6.07, 6.45) is 3.07. The Labute approximate surface area is 297 Å². The fourth-order valence-electron chi connectivity index (χ4n) is 4.32. The van der Waals surface area contributed by atoms with Crippen molar-refractivity contribution in [2.45, 2.75) is 119 Å². The van der Waals surface area contributed by atoms with E-state index in [0.717, 1.165) is 6.42 Å². The van der Waals surface area contributed by atoms with Gasteiger partial charge in [0.05, 0.1) is 13.2 Å². The van der Waals surface area contributed by atoms with Crippen LogP contribution in [0.2, 0.25) is 0 Å². The lowest BCUT2D eigenvalue weighted by molar-refractivity contribution is -0.155. The van der Waals surface area contributed by atoms with Crippen molar-refractivity contribution in [1.29, 1.82) is 0 Å². The highest BCUT2D eigenvalue weighted by molar-refractivity contribution is 5.92. The van der Waals surface area contributed by atoms with E-state index in [9.17, 15) is 28.8 Å². The van der Waals surface area contributed by atoms with Crippen molar-refractivity contribution >= 4 is 35.8 Å². The standard InChI is InChI=1S/C10H20O4.C9H16O4.C8H17NO2.C8H14O4/c1-8(2)4-5-9(10(11)12)14-7-6-13-3;1-6(2)3-7(4-8(10)11)5-9(12)13;1-6(2)7(5-9)3-4-8(10)11;1-5(2)3-4-6(7(9)10)8(11)12/h8-9H,4-7H2,1-3H3,(H,11,12);6-7H,3-5H2,1-2H3,(H,10,11)(H,12,13);6-7H,3-5,9H2,1-2H3,(H,10,11);5-6H,3-4H2,1-2H3,(H,9,10)(H,11,12). The second-order valence-corrected chi connectivity index (χ2v) is 13.7. The Morgan fingerprint density at radius 3 is 1.34 bits per heavy atom. The first kappa shape index (κ1) is 53.5. The van der Waals surface area contributed by atoms with Crippen LogP contribution in [0, 0.1) is 41.4 Å². The van der Waals surface area contributed by atoms with Crippen LogP contribution in [-0.4, -0.2) is 99.4 Å². The summed E-state index contributed by atoms with van der Waals surface area (Å²) in [4.78, 5) is 62.4. The van der Waals surface area contributed by atoms with Crippen molar-refractivity contribution in [3.8, 4) is 0 Å². The number of ether oxygens (including phenoxy) is 2. The number of carbonyl (C=O) groups is 6. The number of methoxy groups -OCH3 is 1. The van der Waals surface area contributed by atoms with Crippen molar-refractivity contribution in [1.82, 2.24) is 0 Å². The van der Waals surface area contributed by atoms with Gasteiger partial charge in [-0.2, -0.15) is 0 Å². The van der Waals surface area contributed by atoms with E-state index in [0.29, 0.717) is 75.0 Å². The Kier molecular flexibility index (Phi) is 35.2. The fourth-order valence-corrected chi connectivity index (χ4v) is 4.32. The predicted molar refractivity (Wildman–Crippen MR) is 188 cm³/mol. The van der Waals surface area contributed by atoms with Crippen molar-refractivity contribution < 1.29 is 68.9 Å². The molecular formula is C35H67NO14. The zero-order valence-corrected chi connectivity index (χ0v) is 31.6. The van der Waals surface area contributed by atoms with Gasteiger partial charge in [0.15, 0.2) is 12.0 Å². The molecule has 15 nitrogen and oxygen atoms in total. The molecule has 0 fully saturated rings. The first-order chi connectivity index (χ1) is 23.0. The molecule has 0 aromatic heterocycles. The summed E-state index contributed by atoms with van der Waals surface area (Å²) in [5.74, 6) is -5.43. The quantitative estimate of drug-likeness (QED) is 0.0483. The summed E-state index contributed by atoms with van der Waals surface area (Å²) in [6, 6.07) is 0. The van der Waals surface area contributed by atoms with E-state index in [2.05, 4.69) is 27.7 Å². The first-order valence-electron chi connectivity index (χ1n) is 17.2. The third-order valence-corrected chi connectivity index (χ3v) is 7.22. The van der Waals surface area contributed by atoms with Gasteiger partial charge in [0.2, 0.25) is 0 Å². The van der Waals surface area contributed by atoms with E-state index >= 15 is 0 Å². The molecule has 2 atom stereocenters. The Bertz CT molecular complexity index is 906. The topological polar surface area (TPSA) is 268 Å². The van der Waals surface area contributed by atoms with E-state index in [1.807, 2.05) is 27.7 Å². The van der Waals surface area contributed by atoms with Gasteiger partial charge >= 0.3 is 35.8 Å². The average molecular weight is 726 g/mol. The zero-order valence-electron chi connectivity index (χ0n) is 31.6. The van der Waals surface area contributed by atoms with E-state index in [1.165, 1.54) is 0 Å². The highest BCUT2D eigenvalue weighted by atomic mass is 16.5. The molecule has 296 valence electrons. The molecule has 15 heteroatoms. The summed E-state index contributed by atoms with van der Waals surface area (Å²) in [5, 5.41) is 51.2. The minimum Gasteiger partial charge on any atom is -0.481 e.